The number of hydrogen-bond donors (Lipinski definition) is 1. The number of carbonyl (C=O) groups is 2. The minimum Gasteiger partial charge on any atom is -0.326 e. The van der Waals surface area contributed by atoms with Gasteiger partial charge in [-0.3, -0.25) is 4.79 Å². The zero-order valence-corrected chi connectivity index (χ0v) is 17.2. The van der Waals surface area contributed by atoms with Crippen LogP contribution in [0.1, 0.15) is 25.7 Å². The Bertz CT molecular complexity index is 834. The van der Waals surface area contributed by atoms with Crippen LogP contribution in [-0.4, -0.2) is 74.7 Å². The maximum atomic E-state index is 12.7. The number of likely N-dealkylation sites (tertiary alicyclic amines) is 2. The van der Waals surface area contributed by atoms with Crippen LogP contribution < -0.4 is 5.32 Å². The molecule has 1 atom stereocenters. The van der Waals surface area contributed by atoms with Crippen LogP contribution in [0.4, 0.5) is 10.5 Å². The zero-order chi connectivity index (χ0) is 20.3. The monoisotopic (exact) mass is 408 g/mol. The molecule has 2 aliphatic heterocycles. The van der Waals surface area contributed by atoms with Gasteiger partial charge in [0.1, 0.15) is 0 Å². The molecule has 0 unspecified atom stereocenters. The summed E-state index contributed by atoms with van der Waals surface area (Å²) >= 11 is 0. The SMILES string of the molecule is CN(C)S(=O)(=O)c1cccc(NC(=O)[C@H]2CCCN(C(=O)N3CCCC3)C2)c1. The Balaban J connectivity index is 1.65. The molecule has 1 aromatic rings. The Labute approximate surface area is 166 Å². The maximum absolute atomic E-state index is 12.7. The van der Waals surface area contributed by atoms with Gasteiger partial charge < -0.3 is 15.1 Å². The average Bonchev–Trinajstić information content (AvgIpc) is 3.22. The molecule has 2 aliphatic rings. The van der Waals surface area contributed by atoms with E-state index < -0.39 is 10.0 Å². The summed E-state index contributed by atoms with van der Waals surface area (Å²) < 4.78 is 25.7. The van der Waals surface area contributed by atoms with Gasteiger partial charge >= 0.3 is 6.03 Å². The maximum Gasteiger partial charge on any atom is 0.320 e. The van der Waals surface area contributed by atoms with Crippen LogP contribution in [0, 0.1) is 5.92 Å². The van der Waals surface area contributed by atoms with Crippen molar-refractivity contribution in [3.05, 3.63) is 24.3 Å². The minimum absolute atomic E-state index is 0.0223. The Kier molecular flexibility index (Phi) is 6.24. The smallest absolute Gasteiger partial charge is 0.320 e. The molecule has 2 heterocycles. The van der Waals surface area contributed by atoms with Crippen molar-refractivity contribution in [1.29, 1.82) is 0 Å². The summed E-state index contributed by atoms with van der Waals surface area (Å²) in [5.74, 6) is -0.479. The van der Waals surface area contributed by atoms with Crippen molar-refractivity contribution >= 4 is 27.6 Å². The third-order valence-corrected chi connectivity index (χ3v) is 7.13. The summed E-state index contributed by atoms with van der Waals surface area (Å²) in [7, 11) is -0.632. The van der Waals surface area contributed by atoms with Gasteiger partial charge in [-0.25, -0.2) is 17.5 Å². The van der Waals surface area contributed by atoms with Gasteiger partial charge in [0.25, 0.3) is 0 Å². The van der Waals surface area contributed by atoms with Gasteiger partial charge in [-0.1, -0.05) is 6.07 Å². The Morgan fingerprint density at radius 3 is 2.43 bits per heavy atom. The quantitative estimate of drug-likeness (QED) is 0.823. The molecule has 0 bridgehead atoms. The van der Waals surface area contributed by atoms with Crippen LogP contribution in [0.3, 0.4) is 0 Å². The summed E-state index contributed by atoms with van der Waals surface area (Å²) in [5.41, 5.74) is 0.441. The zero-order valence-electron chi connectivity index (χ0n) is 16.4. The lowest BCUT2D eigenvalue weighted by Crippen LogP contribution is -2.48. The Morgan fingerprint density at radius 1 is 1.07 bits per heavy atom. The number of benzene rings is 1. The lowest BCUT2D eigenvalue weighted by molar-refractivity contribution is -0.121. The first-order valence-corrected chi connectivity index (χ1v) is 11.1. The topological polar surface area (TPSA) is 90.0 Å². The van der Waals surface area contributed by atoms with E-state index in [0.29, 0.717) is 25.2 Å². The van der Waals surface area contributed by atoms with Crippen LogP contribution in [0.25, 0.3) is 0 Å². The summed E-state index contributed by atoms with van der Waals surface area (Å²) in [4.78, 5) is 29.1. The molecule has 28 heavy (non-hydrogen) atoms. The van der Waals surface area contributed by atoms with E-state index in [1.807, 2.05) is 4.90 Å². The molecule has 0 aromatic heterocycles. The lowest BCUT2D eigenvalue weighted by Gasteiger charge is -2.34. The largest absolute Gasteiger partial charge is 0.326 e. The van der Waals surface area contributed by atoms with Crippen molar-refractivity contribution < 1.29 is 18.0 Å². The fourth-order valence-corrected chi connectivity index (χ4v) is 4.61. The normalized spacial score (nSPS) is 20.5. The number of urea groups is 1. The van der Waals surface area contributed by atoms with Crippen LogP contribution in [0.15, 0.2) is 29.2 Å². The number of carbonyl (C=O) groups excluding carboxylic acids is 2. The average molecular weight is 409 g/mol. The van der Waals surface area contributed by atoms with Crippen molar-refractivity contribution in [2.24, 2.45) is 5.92 Å². The number of nitrogens with zero attached hydrogens (tertiary/aromatic N) is 3. The first-order chi connectivity index (χ1) is 13.3. The highest BCUT2D eigenvalue weighted by molar-refractivity contribution is 7.89. The predicted molar refractivity (Wildman–Crippen MR) is 106 cm³/mol. The second-order valence-corrected chi connectivity index (χ2v) is 9.72. The van der Waals surface area contributed by atoms with Crippen LogP contribution in [0.5, 0.6) is 0 Å². The summed E-state index contributed by atoms with van der Waals surface area (Å²) in [6, 6.07) is 6.26. The van der Waals surface area contributed by atoms with Gasteiger partial charge in [0, 0.05) is 46.0 Å². The molecule has 0 radical (unpaired) electrons. The highest BCUT2D eigenvalue weighted by atomic mass is 32.2. The third-order valence-electron chi connectivity index (χ3n) is 5.32. The molecule has 0 spiro atoms. The molecule has 3 rings (SSSR count). The van der Waals surface area contributed by atoms with E-state index in [0.717, 1.165) is 36.7 Å². The number of rotatable bonds is 4. The molecular weight excluding hydrogens is 380 g/mol. The molecule has 2 saturated heterocycles. The van der Waals surface area contributed by atoms with E-state index in [-0.39, 0.29) is 22.8 Å². The van der Waals surface area contributed by atoms with Crippen LogP contribution >= 0.6 is 0 Å². The van der Waals surface area contributed by atoms with Gasteiger partial charge in [-0.2, -0.15) is 0 Å². The standard InChI is InChI=1S/C19H28N4O4S/c1-21(2)28(26,27)17-9-5-8-16(13-17)20-18(24)15-7-6-12-23(14-15)19(25)22-10-3-4-11-22/h5,8-9,13,15H,3-4,6-7,10-12,14H2,1-2H3,(H,20,24)/t15-/m0/s1. The first-order valence-electron chi connectivity index (χ1n) is 9.66. The van der Waals surface area contributed by atoms with E-state index in [2.05, 4.69) is 5.32 Å². The molecule has 2 fully saturated rings. The lowest BCUT2D eigenvalue weighted by atomic mass is 9.97. The van der Waals surface area contributed by atoms with Gasteiger partial charge in [0.15, 0.2) is 0 Å². The molecule has 3 amide bonds. The van der Waals surface area contributed by atoms with Gasteiger partial charge in [-0.15, -0.1) is 0 Å². The minimum atomic E-state index is -3.57. The number of nitrogens with one attached hydrogen (secondary N) is 1. The number of sulfonamides is 1. The van der Waals surface area contributed by atoms with Crippen molar-refractivity contribution in [2.45, 2.75) is 30.6 Å². The van der Waals surface area contributed by atoms with Gasteiger partial charge in [0.05, 0.1) is 10.8 Å². The van der Waals surface area contributed by atoms with Crippen LogP contribution in [-0.2, 0) is 14.8 Å². The fraction of sp³-hybridized carbons (Fsp3) is 0.579. The van der Waals surface area contributed by atoms with Gasteiger partial charge in [-0.05, 0) is 43.9 Å². The first kappa shape index (κ1) is 20.6. The number of anilines is 1. The predicted octanol–water partition coefficient (Wildman–Crippen LogP) is 1.80. The second kappa shape index (κ2) is 8.48. The molecule has 1 N–H and O–H groups in total. The highest BCUT2D eigenvalue weighted by Crippen LogP contribution is 2.23. The van der Waals surface area contributed by atoms with E-state index >= 15 is 0 Å². The summed E-state index contributed by atoms with van der Waals surface area (Å²) in [6.45, 7) is 2.66. The fourth-order valence-electron chi connectivity index (χ4n) is 3.66. The molecule has 0 aliphatic carbocycles. The van der Waals surface area contributed by atoms with E-state index in [1.165, 1.54) is 26.2 Å². The molecule has 1 aromatic carbocycles. The molecule has 8 nitrogen and oxygen atoms in total. The second-order valence-electron chi connectivity index (χ2n) is 7.57. The van der Waals surface area contributed by atoms with Crippen molar-refractivity contribution in [1.82, 2.24) is 14.1 Å². The third kappa shape index (κ3) is 4.47. The molecule has 154 valence electrons. The van der Waals surface area contributed by atoms with Gasteiger partial charge in [0.2, 0.25) is 15.9 Å². The van der Waals surface area contributed by atoms with Crippen molar-refractivity contribution in [3.63, 3.8) is 0 Å². The van der Waals surface area contributed by atoms with Crippen molar-refractivity contribution in [2.75, 3.05) is 45.6 Å². The summed E-state index contributed by atoms with van der Waals surface area (Å²) in [6.07, 6.45) is 3.57. The van der Waals surface area contributed by atoms with E-state index in [1.54, 1.807) is 17.0 Å². The highest BCUT2D eigenvalue weighted by Gasteiger charge is 2.31. The van der Waals surface area contributed by atoms with Crippen LogP contribution in [0.2, 0.25) is 0 Å². The molecule has 0 saturated carbocycles. The number of hydrogen-bond acceptors (Lipinski definition) is 4. The summed E-state index contributed by atoms with van der Waals surface area (Å²) in [5, 5.41) is 2.82. The Morgan fingerprint density at radius 2 is 1.75 bits per heavy atom. The molecular formula is C19H28N4O4S. The van der Waals surface area contributed by atoms with Crippen molar-refractivity contribution in [3.8, 4) is 0 Å². The number of amides is 3. The molecule has 9 heteroatoms. The van der Waals surface area contributed by atoms with E-state index in [9.17, 15) is 18.0 Å². The Hall–Kier alpha value is -2.13. The van der Waals surface area contributed by atoms with E-state index in [4.69, 9.17) is 0 Å². The number of piperidine rings is 1.